The van der Waals surface area contributed by atoms with E-state index in [9.17, 15) is 10.1 Å². The molecule has 0 spiro atoms. The van der Waals surface area contributed by atoms with Gasteiger partial charge in [0, 0.05) is 48.4 Å². The molecule has 2 aliphatic heterocycles. The molecule has 9 heteroatoms. The Kier molecular flexibility index (Phi) is 5.72. The number of aryl methyl sites for hydroxylation is 1. The number of anilines is 3. The number of rotatable bonds is 5. The number of aromatic nitrogens is 3. The van der Waals surface area contributed by atoms with Crippen LogP contribution in [0.4, 0.5) is 17.5 Å². The molecule has 0 unspecified atom stereocenters. The van der Waals surface area contributed by atoms with Gasteiger partial charge >= 0.3 is 0 Å². The Morgan fingerprint density at radius 3 is 2.81 bits per heavy atom. The molecule has 180 valence electrons. The second-order valence-corrected chi connectivity index (χ2v) is 9.29. The fourth-order valence-corrected chi connectivity index (χ4v) is 4.29. The second kappa shape index (κ2) is 8.89. The van der Waals surface area contributed by atoms with Crippen molar-refractivity contribution in [2.45, 2.75) is 26.2 Å². The number of benzene rings is 1. The summed E-state index contributed by atoms with van der Waals surface area (Å²) < 4.78 is 0. The molecule has 1 aromatic carbocycles. The maximum atomic E-state index is 13.1. The summed E-state index contributed by atoms with van der Waals surface area (Å²) in [5, 5.41) is 15.4. The molecule has 0 bridgehead atoms. The van der Waals surface area contributed by atoms with Gasteiger partial charge in [-0.25, -0.2) is 4.98 Å². The first kappa shape index (κ1) is 23.2. The SMILES string of the molecule is CNc1ncc2c(n1)N1CCN=C1C(c1cc(NC(=O)c3ccnc(C(C)(C)C#N)c3)ccc1C)=C2. The van der Waals surface area contributed by atoms with Gasteiger partial charge in [0.25, 0.3) is 5.91 Å². The van der Waals surface area contributed by atoms with Crippen molar-refractivity contribution in [2.24, 2.45) is 4.99 Å². The Morgan fingerprint density at radius 1 is 1.19 bits per heavy atom. The molecular formula is C27H26N8O. The van der Waals surface area contributed by atoms with Gasteiger partial charge in [-0.05, 0) is 62.2 Å². The van der Waals surface area contributed by atoms with E-state index in [1.807, 2.05) is 31.3 Å². The lowest BCUT2D eigenvalue weighted by Gasteiger charge is -2.28. The number of hydrogen-bond acceptors (Lipinski definition) is 8. The first-order valence-corrected chi connectivity index (χ1v) is 11.7. The molecule has 2 N–H and O–H groups in total. The van der Waals surface area contributed by atoms with Gasteiger partial charge in [-0.3, -0.25) is 14.8 Å². The fraction of sp³-hybridized carbons (Fsp3) is 0.259. The first-order chi connectivity index (χ1) is 17.3. The van der Waals surface area contributed by atoms with Crippen molar-refractivity contribution in [3.63, 3.8) is 0 Å². The van der Waals surface area contributed by atoms with E-state index in [1.165, 1.54) is 0 Å². The van der Waals surface area contributed by atoms with E-state index in [2.05, 4.69) is 42.6 Å². The van der Waals surface area contributed by atoms with Gasteiger partial charge < -0.3 is 15.5 Å². The lowest BCUT2D eigenvalue weighted by atomic mass is 9.90. The van der Waals surface area contributed by atoms with Gasteiger partial charge in [0.05, 0.1) is 23.7 Å². The molecule has 0 saturated carbocycles. The van der Waals surface area contributed by atoms with Crippen LogP contribution in [-0.2, 0) is 5.41 Å². The molecule has 36 heavy (non-hydrogen) atoms. The summed E-state index contributed by atoms with van der Waals surface area (Å²) >= 11 is 0. The molecule has 0 aliphatic carbocycles. The van der Waals surface area contributed by atoms with Crippen LogP contribution in [-0.4, -0.2) is 46.8 Å². The van der Waals surface area contributed by atoms with Gasteiger partial charge in [-0.2, -0.15) is 10.2 Å². The number of aliphatic imine (C=N–C) groups is 1. The fourth-order valence-electron chi connectivity index (χ4n) is 4.29. The molecule has 4 heterocycles. The van der Waals surface area contributed by atoms with Crippen LogP contribution in [0.5, 0.6) is 0 Å². The van der Waals surface area contributed by atoms with Crippen molar-refractivity contribution in [1.29, 1.82) is 5.26 Å². The molecule has 1 amide bonds. The van der Waals surface area contributed by atoms with Crippen molar-refractivity contribution in [3.05, 3.63) is 70.7 Å². The summed E-state index contributed by atoms with van der Waals surface area (Å²) in [4.78, 5) is 33.2. The number of amides is 1. The maximum absolute atomic E-state index is 13.1. The zero-order valence-corrected chi connectivity index (χ0v) is 20.6. The van der Waals surface area contributed by atoms with E-state index >= 15 is 0 Å². The topological polar surface area (TPSA) is 119 Å². The van der Waals surface area contributed by atoms with Gasteiger partial charge in [-0.1, -0.05) is 6.07 Å². The lowest BCUT2D eigenvalue weighted by molar-refractivity contribution is 0.102. The highest BCUT2D eigenvalue weighted by Crippen LogP contribution is 2.37. The van der Waals surface area contributed by atoms with Crippen molar-refractivity contribution in [3.8, 4) is 6.07 Å². The number of pyridine rings is 1. The smallest absolute Gasteiger partial charge is 0.255 e. The van der Waals surface area contributed by atoms with Crippen LogP contribution in [0.3, 0.4) is 0 Å². The van der Waals surface area contributed by atoms with Crippen molar-refractivity contribution >= 4 is 40.8 Å². The predicted molar refractivity (Wildman–Crippen MR) is 141 cm³/mol. The Hall–Kier alpha value is -4.58. The minimum absolute atomic E-state index is 0.266. The molecule has 0 atom stereocenters. The average Bonchev–Trinajstić information content (AvgIpc) is 3.39. The van der Waals surface area contributed by atoms with Crippen LogP contribution in [0.15, 0.2) is 47.7 Å². The van der Waals surface area contributed by atoms with Crippen molar-refractivity contribution < 1.29 is 4.79 Å². The van der Waals surface area contributed by atoms with E-state index < -0.39 is 5.41 Å². The summed E-state index contributed by atoms with van der Waals surface area (Å²) in [7, 11) is 1.80. The molecule has 3 aromatic rings. The Labute approximate surface area is 209 Å². The molecular weight excluding hydrogens is 452 g/mol. The van der Waals surface area contributed by atoms with Gasteiger partial charge in [0.15, 0.2) is 0 Å². The maximum Gasteiger partial charge on any atom is 0.255 e. The normalized spacial score (nSPS) is 14.2. The number of amidine groups is 1. The average molecular weight is 479 g/mol. The molecule has 0 fully saturated rings. The van der Waals surface area contributed by atoms with Crippen molar-refractivity contribution in [1.82, 2.24) is 15.0 Å². The summed E-state index contributed by atoms with van der Waals surface area (Å²) in [6, 6.07) is 11.4. The summed E-state index contributed by atoms with van der Waals surface area (Å²) in [5.41, 5.74) is 4.80. The number of nitrogens with zero attached hydrogens (tertiary/aromatic N) is 6. The highest BCUT2D eigenvalue weighted by Gasteiger charge is 2.31. The number of fused-ring (bicyclic) bond motifs is 3. The number of nitrogens with one attached hydrogen (secondary N) is 2. The molecule has 9 nitrogen and oxygen atoms in total. The highest BCUT2D eigenvalue weighted by molar-refractivity contribution is 6.36. The minimum Gasteiger partial charge on any atom is -0.357 e. The molecule has 0 radical (unpaired) electrons. The van der Waals surface area contributed by atoms with Crippen LogP contribution in [0, 0.1) is 18.3 Å². The number of carbonyl (C=O) groups is 1. The summed E-state index contributed by atoms with van der Waals surface area (Å²) in [6.45, 7) is 7.03. The van der Waals surface area contributed by atoms with E-state index in [0.717, 1.165) is 40.5 Å². The standard InChI is InChI=1S/C27H26N8O/c1-16-5-6-19(33-25(36)17-7-8-30-22(12-17)27(2,3)15-28)13-20(16)21-11-18-14-32-26(29-4)34-23(18)35-10-9-31-24(21)35/h5-8,11-14H,9-10H2,1-4H3,(H,33,36)(H,29,32,34). The van der Waals surface area contributed by atoms with E-state index in [0.29, 0.717) is 29.4 Å². The summed E-state index contributed by atoms with van der Waals surface area (Å²) in [6.07, 6.45) is 5.43. The predicted octanol–water partition coefficient (Wildman–Crippen LogP) is 4.05. The lowest BCUT2D eigenvalue weighted by Crippen LogP contribution is -2.32. The largest absolute Gasteiger partial charge is 0.357 e. The molecule has 5 rings (SSSR count). The summed E-state index contributed by atoms with van der Waals surface area (Å²) in [5.74, 6) is 2.01. The van der Waals surface area contributed by atoms with Gasteiger partial charge in [-0.15, -0.1) is 0 Å². The Bertz CT molecular complexity index is 1480. The zero-order valence-electron chi connectivity index (χ0n) is 20.6. The van der Waals surface area contributed by atoms with Crippen molar-refractivity contribution in [2.75, 3.05) is 35.7 Å². The molecule has 2 aromatic heterocycles. The molecule has 0 saturated heterocycles. The van der Waals surface area contributed by atoms with E-state index in [1.54, 1.807) is 39.2 Å². The number of hydrogen-bond donors (Lipinski definition) is 2. The van der Waals surface area contributed by atoms with Crippen LogP contribution in [0.1, 0.15) is 46.6 Å². The zero-order chi connectivity index (χ0) is 25.4. The number of carbonyl (C=O) groups excluding carboxylic acids is 1. The third-order valence-corrected chi connectivity index (χ3v) is 6.38. The second-order valence-electron chi connectivity index (χ2n) is 9.29. The van der Waals surface area contributed by atoms with E-state index in [4.69, 9.17) is 4.99 Å². The van der Waals surface area contributed by atoms with Crippen LogP contribution < -0.4 is 15.5 Å². The van der Waals surface area contributed by atoms with Gasteiger partial charge in [0.1, 0.15) is 11.7 Å². The van der Waals surface area contributed by atoms with Gasteiger partial charge in [0.2, 0.25) is 5.95 Å². The molecule has 2 aliphatic rings. The Morgan fingerprint density at radius 2 is 2.03 bits per heavy atom. The third-order valence-electron chi connectivity index (χ3n) is 6.38. The quantitative estimate of drug-likeness (QED) is 0.568. The van der Waals surface area contributed by atoms with Crippen LogP contribution in [0.25, 0.3) is 11.6 Å². The van der Waals surface area contributed by atoms with Crippen LogP contribution in [0.2, 0.25) is 0 Å². The Balaban J connectivity index is 1.48. The van der Waals surface area contributed by atoms with Crippen LogP contribution >= 0.6 is 0 Å². The number of nitriles is 1. The highest BCUT2D eigenvalue weighted by atomic mass is 16.1. The van der Waals surface area contributed by atoms with E-state index in [-0.39, 0.29) is 5.91 Å². The first-order valence-electron chi connectivity index (χ1n) is 11.7. The third kappa shape index (κ3) is 4.07. The minimum atomic E-state index is -0.789. The monoisotopic (exact) mass is 478 g/mol.